The van der Waals surface area contributed by atoms with E-state index in [0.717, 1.165) is 76.3 Å². The summed E-state index contributed by atoms with van der Waals surface area (Å²) in [5.74, 6) is 0.645. The predicted molar refractivity (Wildman–Crippen MR) is 161 cm³/mol. The second-order valence-corrected chi connectivity index (χ2v) is 13.3. The number of nitriles is 1. The topological polar surface area (TPSA) is 80.5 Å². The lowest BCUT2D eigenvalue weighted by Crippen LogP contribution is -2.46. The lowest BCUT2D eigenvalue weighted by molar-refractivity contribution is 0.249. The third-order valence-electron chi connectivity index (χ3n) is 8.49. The maximum Gasteiger partial charge on any atom is 0.194 e. The minimum atomic E-state index is -3.37. The van der Waals surface area contributed by atoms with Gasteiger partial charge >= 0.3 is 0 Å². The van der Waals surface area contributed by atoms with Crippen LogP contribution < -0.4 is 9.80 Å². The third kappa shape index (κ3) is 6.32. The van der Waals surface area contributed by atoms with Crippen LogP contribution in [0.5, 0.6) is 0 Å². The number of sulfone groups is 1. The van der Waals surface area contributed by atoms with E-state index in [0.29, 0.717) is 11.6 Å². The highest BCUT2D eigenvalue weighted by molar-refractivity contribution is 7.90. The van der Waals surface area contributed by atoms with Crippen molar-refractivity contribution >= 4 is 21.2 Å². The largest absolute Gasteiger partial charge is 0.370 e. The van der Waals surface area contributed by atoms with E-state index >= 15 is 0 Å². The average molecular weight is 558 g/mol. The fraction of sp³-hybridized carbons (Fsp3) is 0.438. The van der Waals surface area contributed by atoms with E-state index in [9.17, 15) is 13.7 Å². The number of hydrogen-bond donors (Lipinski definition) is 0. The van der Waals surface area contributed by atoms with E-state index < -0.39 is 9.84 Å². The van der Waals surface area contributed by atoms with Crippen molar-refractivity contribution in [3.05, 3.63) is 82.5 Å². The smallest absolute Gasteiger partial charge is 0.194 e. The number of piperazine rings is 1. The van der Waals surface area contributed by atoms with E-state index in [1.54, 1.807) is 6.20 Å². The number of hydrogen-bond acceptors (Lipinski definition) is 7. The molecule has 0 spiro atoms. The lowest BCUT2D eigenvalue weighted by atomic mass is 9.86. The van der Waals surface area contributed by atoms with E-state index in [2.05, 4.69) is 57.8 Å². The molecule has 2 fully saturated rings. The van der Waals surface area contributed by atoms with Crippen LogP contribution in [0.25, 0.3) is 0 Å². The lowest BCUT2D eigenvalue weighted by Gasteiger charge is -2.37. The fourth-order valence-electron chi connectivity index (χ4n) is 6.17. The molecule has 0 saturated carbocycles. The van der Waals surface area contributed by atoms with Gasteiger partial charge in [0.25, 0.3) is 0 Å². The van der Waals surface area contributed by atoms with Gasteiger partial charge in [-0.15, -0.1) is 0 Å². The number of para-hydroxylation sites is 1. The van der Waals surface area contributed by atoms with Gasteiger partial charge < -0.3 is 9.80 Å². The minimum Gasteiger partial charge on any atom is -0.370 e. The van der Waals surface area contributed by atoms with Crippen LogP contribution >= 0.6 is 0 Å². The Hall–Kier alpha value is -3.41. The molecule has 3 heterocycles. The Balaban J connectivity index is 1.20. The van der Waals surface area contributed by atoms with E-state index in [1.807, 2.05) is 30.3 Å². The number of rotatable bonds is 7. The maximum atomic E-state index is 12.2. The quantitative estimate of drug-likeness (QED) is 0.415. The molecule has 2 aromatic carbocycles. The van der Waals surface area contributed by atoms with Crippen molar-refractivity contribution in [1.29, 1.82) is 5.26 Å². The Labute approximate surface area is 239 Å². The first kappa shape index (κ1) is 28.1. The Kier molecular flexibility index (Phi) is 8.43. The number of aryl methyl sites for hydroxylation is 2. The molecule has 0 atom stereocenters. The van der Waals surface area contributed by atoms with Crippen LogP contribution in [0.3, 0.4) is 0 Å². The highest BCUT2D eigenvalue weighted by Gasteiger charge is 2.25. The van der Waals surface area contributed by atoms with Crippen LogP contribution in [0.15, 0.2) is 59.8 Å². The van der Waals surface area contributed by atoms with E-state index in [1.165, 1.54) is 28.5 Å². The van der Waals surface area contributed by atoms with Gasteiger partial charge in [-0.2, -0.15) is 5.26 Å². The summed E-state index contributed by atoms with van der Waals surface area (Å²) in [6.45, 7) is 10.6. The van der Waals surface area contributed by atoms with Crippen molar-refractivity contribution in [2.75, 3.05) is 55.3 Å². The van der Waals surface area contributed by atoms with Crippen molar-refractivity contribution in [2.24, 2.45) is 5.92 Å². The highest BCUT2D eigenvalue weighted by Crippen LogP contribution is 2.30. The van der Waals surface area contributed by atoms with Crippen LogP contribution in [0, 0.1) is 31.1 Å². The molecule has 0 unspecified atom stereocenters. The van der Waals surface area contributed by atoms with Gasteiger partial charge in [0.15, 0.2) is 14.9 Å². The molecule has 0 N–H and O–H groups in total. The van der Waals surface area contributed by atoms with Gasteiger partial charge in [0.2, 0.25) is 0 Å². The van der Waals surface area contributed by atoms with Crippen molar-refractivity contribution in [2.45, 2.75) is 44.7 Å². The van der Waals surface area contributed by atoms with E-state index in [4.69, 9.17) is 0 Å². The summed E-state index contributed by atoms with van der Waals surface area (Å²) in [4.78, 5) is 11.1. The monoisotopic (exact) mass is 557 g/mol. The van der Waals surface area contributed by atoms with E-state index in [-0.39, 0.29) is 5.03 Å². The number of aromatic nitrogens is 1. The molecule has 40 heavy (non-hydrogen) atoms. The maximum absolute atomic E-state index is 12.2. The van der Waals surface area contributed by atoms with Gasteiger partial charge in [0, 0.05) is 58.3 Å². The zero-order chi connectivity index (χ0) is 28.3. The molecule has 8 heteroatoms. The number of anilines is 2. The molecule has 5 rings (SSSR count). The van der Waals surface area contributed by atoms with Crippen LogP contribution in [0.1, 0.15) is 40.7 Å². The van der Waals surface area contributed by atoms with Crippen molar-refractivity contribution in [1.82, 2.24) is 9.88 Å². The third-order valence-corrected chi connectivity index (χ3v) is 9.51. The number of nitrogens with zero attached hydrogens (tertiary/aromatic N) is 5. The second kappa shape index (κ2) is 12.0. The van der Waals surface area contributed by atoms with Crippen LogP contribution in [0.4, 0.5) is 11.4 Å². The molecule has 210 valence electrons. The first-order chi connectivity index (χ1) is 19.2. The molecule has 7 nitrogen and oxygen atoms in total. The summed E-state index contributed by atoms with van der Waals surface area (Å²) in [6.07, 6.45) is 6.13. The summed E-state index contributed by atoms with van der Waals surface area (Å²) in [5.41, 5.74) is 8.06. The second-order valence-electron chi connectivity index (χ2n) is 11.3. The van der Waals surface area contributed by atoms with Crippen LogP contribution in [-0.4, -0.2) is 63.8 Å². The predicted octanol–water partition coefficient (Wildman–Crippen LogP) is 4.75. The van der Waals surface area contributed by atoms with Crippen molar-refractivity contribution in [3.8, 4) is 6.07 Å². The normalized spacial score (nSPS) is 17.1. The average Bonchev–Trinajstić information content (AvgIpc) is 2.96. The molecule has 2 aliphatic heterocycles. The summed E-state index contributed by atoms with van der Waals surface area (Å²) in [6, 6.07) is 18.7. The molecule has 1 aromatic heterocycles. The standard InChI is InChI=1S/C32H39N5O2S/c1-24-19-25(2)29(23-35-15-17-37(18-16-35)31-9-6-12-34-32(31)40(3,38)39)21-28(24)20-26-10-13-36(14-11-26)30-8-5-4-7-27(30)22-33/h4-9,12,19,21,26H,10-11,13-18,20,23H2,1-3H3. The van der Waals surface area contributed by atoms with Crippen molar-refractivity contribution in [3.63, 3.8) is 0 Å². The highest BCUT2D eigenvalue weighted by atomic mass is 32.2. The summed E-state index contributed by atoms with van der Waals surface area (Å²) >= 11 is 0. The Morgan fingerprint density at radius 3 is 2.23 bits per heavy atom. The first-order valence-corrected chi connectivity index (χ1v) is 16.1. The van der Waals surface area contributed by atoms with Gasteiger partial charge in [-0.3, -0.25) is 4.90 Å². The molecule has 0 radical (unpaired) electrons. The minimum absolute atomic E-state index is 0.169. The number of benzene rings is 2. The Morgan fingerprint density at radius 1 is 0.875 bits per heavy atom. The summed E-state index contributed by atoms with van der Waals surface area (Å²) in [7, 11) is -3.37. The molecule has 0 amide bonds. The SMILES string of the molecule is Cc1cc(C)c(CN2CCN(c3cccnc3S(C)(=O)=O)CC2)cc1CC1CCN(c2ccccc2C#N)CC1. The Bertz CT molecular complexity index is 1500. The molecular formula is C32H39N5O2S. The number of pyridine rings is 1. The molecule has 3 aromatic rings. The van der Waals surface area contributed by atoms with Gasteiger partial charge in [0.1, 0.15) is 6.07 Å². The zero-order valence-corrected chi connectivity index (χ0v) is 24.6. The summed E-state index contributed by atoms with van der Waals surface area (Å²) < 4.78 is 24.5. The molecule has 0 bridgehead atoms. The first-order valence-electron chi connectivity index (χ1n) is 14.2. The zero-order valence-electron chi connectivity index (χ0n) is 23.8. The van der Waals surface area contributed by atoms with Crippen LogP contribution in [-0.2, 0) is 22.8 Å². The molecule has 0 aliphatic carbocycles. The van der Waals surface area contributed by atoms with Gasteiger partial charge in [0.05, 0.1) is 16.9 Å². The van der Waals surface area contributed by atoms with Crippen molar-refractivity contribution < 1.29 is 8.42 Å². The fourth-order valence-corrected chi connectivity index (χ4v) is 7.00. The number of piperidine rings is 1. The molecule has 2 saturated heterocycles. The molecular weight excluding hydrogens is 518 g/mol. The Morgan fingerprint density at radius 2 is 1.52 bits per heavy atom. The summed E-state index contributed by atoms with van der Waals surface area (Å²) in [5, 5.41) is 9.66. The van der Waals surface area contributed by atoms with Crippen LogP contribution in [0.2, 0.25) is 0 Å². The van der Waals surface area contributed by atoms with Gasteiger partial charge in [-0.25, -0.2) is 13.4 Å². The van der Waals surface area contributed by atoms with Gasteiger partial charge in [-0.1, -0.05) is 24.3 Å². The van der Waals surface area contributed by atoms with Gasteiger partial charge in [-0.05, 0) is 85.5 Å². The molecule has 2 aliphatic rings.